The van der Waals surface area contributed by atoms with Crippen LogP contribution in [0.5, 0.6) is 5.75 Å². The summed E-state index contributed by atoms with van der Waals surface area (Å²) in [6.45, 7) is 2.96. The number of pyridine rings is 1. The standard InChI is InChI=1S/C25H20N2O2/c1-17-7-8-19-16-20-13-14-27(24(20)26-23(19)15-17)21-11-9-18(10-12-21)25(28)29-22-5-3-2-4-6-22/h2-12,15-16H,13-14H2,1H3. The third kappa shape index (κ3) is 3.34. The van der Waals surface area contributed by atoms with Gasteiger partial charge in [-0.2, -0.15) is 0 Å². The van der Waals surface area contributed by atoms with E-state index in [4.69, 9.17) is 9.72 Å². The molecule has 3 aromatic carbocycles. The lowest BCUT2D eigenvalue weighted by Gasteiger charge is -2.19. The number of ether oxygens (including phenoxy) is 1. The molecule has 4 aromatic rings. The number of anilines is 2. The summed E-state index contributed by atoms with van der Waals surface area (Å²) in [6, 6.07) is 25.3. The second-order valence-electron chi connectivity index (χ2n) is 7.32. The van der Waals surface area contributed by atoms with Crippen LogP contribution >= 0.6 is 0 Å². The molecule has 1 aromatic heterocycles. The van der Waals surface area contributed by atoms with Gasteiger partial charge in [-0.15, -0.1) is 0 Å². The van der Waals surface area contributed by atoms with Crippen LogP contribution in [0.3, 0.4) is 0 Å². The van der Waals surface area contributed by atoms with Gasteiger partial charge in [-0.3, -0.25) is 0 Å². The number of carbonyl (C=O) groups is 1. The number of rotatable bonds is 3. The van der Waals surface area contributed by atoms with E-state index >= 15 is 0 Å². The quantitative estimate of drug-likeness (QED) is 0.350. The highest BCUT2D eigenvalue weighted by Gasteiger charge is 2.23. The Kier molecular flexibility index (Phi) is 4.24. The van der Waals surface area contributed by atoms with Crippen LogP contribution in [-0.4, -0.2) is 17.5 Å². The molecule has 0 spiro atoms. The van der Waals surface area contributed by atoms with Crippen LogP contribution < -0.4 is 9.64 Å². The number of fused-ring (bicyclic) bond motifs is 2. The summed E-state index contributed by atoms with van der Waals surface area (Å²) in [5, 5.41) is 1.18. The molecule has 29 heavy (non-hydrogen) atoms. The zero-order chi connectivity index (χ0) is 19.8. The van der Waals surface area contributed by atoms with Crippen LogP contribution in [0.2, 0.25) is 0 Å². The fraction of sp³-hybridized carbons (Fsp3) is 0.120. The molecule has 0 saturated carbocycles. The second-order valence-corrected chi connectivity index (χ2v) is 7.32. The monoisotopic (exact) mass is 380 g/mol. The van der Waals surface area contributed by atoms with Crippen LogP contribution in [0.1, 0.15) is 21.5 Å². The van der Waals surface area contributed by atoms with Crippen molar-refractivity contribution in [2.75, 3.05) is 11.4 Å². The van der Waals surface area contributed by atoms with E-state index in [1.807, 2.05) is 42.5 Å². The molecule has 0 fully saturated rings. The minimum Gasteiger partial charge on any atom is -0.423 e. The number of esters is 1. The normalized spacial score (nSPS) is 12.8. The topological polar surface area (TPSA) is 42.4 Å². The number of hydrogen-bond acceptors (Lipinski definition) is 4. The van der Waals surface area contributed by atoms with E-state index in [2.05, 4.69) is 36.1 Å². The van der Waals surface area contributed by atoms with Crippen molar-refractivity contribution in [1.29, 1.82) is 0 Å². The van der Waals surface area contributed by atoms with Crippen molar-refractivity contribution in [3.63, 3.8) is 0 Å². The lowest BCUT2D eigenvalue weighted by atomic mass is 10.1. The zero-order valence-corrected chi connectivity index (χ0v) is 16.1. The van der Waals surface area contributed by atoms with E-state index in [0.717, 1.165) is 30.0 Å². The van der Waals surface area contributed by atoms with Gasteiger partial charge in [0.2, 0.25) is 0 Å². The Hall–Kier alpha value is -3.66. The van der Waals surface area contributed by atoms with E-state index in [-0.39, 0.29) is 5.97 Å². The van der Waals surface area contributed by atoms with E-state index in [1.54, 1.807) is 12.1 Å². The van der Waals surface area contributed by atoms with Crippen molar-refractivity contribution in [1.82, 2.24) is 4.98 Å². The number of carbonyl (C=O) groups excluding carboxylic acids is 1. The van der Waals surface area contributed by atoms with Gasteiger partial charge in [0.05, 0.1) is 11.1 Å². The van der Waals surface area contributed by atoms with E-state index in [1.165, 1.54) is 16.5 Å². The van der Waals surface area contributed by atoms with Crippen molar-refractivity contribution >= 4 is 28.4 Å². The van der Waals surface area contributed by atoms with Gasteiger partial charge in [-0.05, 0) is 73.0 Å². The predicted octanol–water partition coefficient (Wildman–Crippen LogP) is 5.46. The van der Waals surface area contributed by atoms with E-state index in [9.17, 15) is 4.79 Å². The maximum absolute atomic E-state index is 12.4. The van der Waals surface area contributed by atoms with Gasteiger partial charge in [0.1, 0.15) is 11.6 Å². The highest BCUT2D eigenvalue weighted by Crippen LogP contribution is 2.35. The Morgan fingerprint density at radius 3 is 2.55 bits per heavy atom. The Labute approximate surface area is 169 Å². The average Bonchev–Trinajstić information content (AvgIpc) is 3.15. The van der Waals surface area contributed by atoms with Crippen LogP contribution in [0.25, 0.3) is 10.9 Å². The summed E-state index contributed by atoms with van der Waals surface area (Å²) < 4.78 is 5.42. The van der Waals surface area contributed by atoms with Gasteiger partial charge in [0, 0.05) is 17.6 Å². The van der Waals surface area contributed by atoms with Crippen molar-refractivity contribution < 1.29 is 9.53 Å². The number of para-hydroxylation sites is 1. The lowest BCUT2D eigenvalue weighted by molar-refractivity contribution is 0.0735. The highest BCUT2D eigenvalue weighted by atomic mass is 16.5. The first-order chi connectivity index (χ1) is 14.2. The Bertz CT molecular complexity index is 1200. The third-order valence-electron chi connectivity index (χ3n) is 5.26. The van der Waals surface area contributed by atoms with E-state index < -0.39 is 0 Å². The largest absolute Gasteiger partial charge is 0.423 e. The van der Waals surface area contributed by atoms with Gasteiger partial charge in [-0.1, -0.05) is 30.3 Å². The van der Waals surface area contributed by atoms with E-state index in [0.29, 0.717) is 11.3 Å². The summed E-state index contributed by atoms with van der Waals surface area (Å²) in [5.41, 5.74) is 5.03. The molecule has 0 N–H and O–H groups in total. The Morgan fingerprint density at radius 2 is 1.76 bits per heavy atom. The summed E-state index contributed by atoms with van der Waals surface area (Å²) in [4.78, 5) is 19.5. The number of hydrogen-bond donors (Lipinski definition) is 0. The molecule has 2 heterocycles. The molecule has 4 heteroatoms. The first-order valence-corrected chi connectivity index (χ1v) is 9.72. The number of aromatic nitrogens is 1. The number of aryl methyl sites for hydroxylation is 1. The molecule has 0 bridgehead atoms. The maximum Gasteiger partial charge on any atom is 0.343 e. The maximum atomic E-state index is 12.4. The van der Waals surface area contributed by atoms with Crippen LogP contribution in [0, 0.1) is 6.92 Å². The molecule has 0 atom stereocenters. The van der Waals surface area contributed by atoms with Gasteiger partial charge in [0.15, 0.2) is 0 Å². The van der Waals surface area contributed by atoms with Gasteiger partial charge in [-0.25, -0.2) is 9.78 Å². The zero-order valence-electron chi connectivity index (χ0n) is 16.1. The molecule has 0 amide bonds. The fourth-order valence-corrected chi connectivity index (χ4v) is 3.75. The molecule has 142 valence electrons. The van der Waals surface area contributed by atoms with Gasteiger partial charge in [0.25, 0.3) is 0 Å². The molecule has 0 aliphatic carbocycles. The van der Waals surface area contributed by atoms with Crippen molar-refractivity contribution in [3.05, 3.63) is 95.6 Å². The summed E-state index contributed by atoms with van der Waals surface area (Å²) >= 11 is 0. The molecule has 5 rings (SSSR count). The van der Waals surface area contributed by atoms with Gasteiger partial charge >= 0.3 is 5.97 Å². The average molecular weight is 380 g/mol. The number of nitrogens with zero attached hydrogens (tertiary/aromatic N) is 2. The minimum absolute atomic E-state index is 0.357. The molecular formula is C25H20N2O2. The summed E-state index contributed by atoms with van der Waals surface area (Å²) in [6.07, 6.45) is 0.962. The fourth-order valence-electron chi connectivity index (χ4n) is 3.75. The Morgan fingerprint density at radius 1 is 0.966 bits per heavy atom. The van der Waals surface area contributed by atoms with Crippen molar-refractivity contribution in [2.45, 2.75) is 13.3 Å². The van der Waals surface area contributed by atoms with Crippen molar-refractivity contribution in [2.24, 2.45) is 0 Å². The second kappa shape index (κ2) is 7.06. The first kappa shape index (κ1) is 17.4. The minimum atomic E-state index is -0.357. The lowest BCUT2D eigenvalue weighted by Crippen LogP contribution is -2.15. The SMILES string of the molecule is Cc1ccc2cc3c(nc2c1)N(c1ccc(C(=O)Oc2ccccc2)cc1)CC3. The molecule has 1 aliphatic rings. The van der Waals surface area contributed by atoms with Crippen LogP contribution in [0.4, 0.5) is 11.5 Å². The molecule has 0 saturated heterocycles. The van der Waals surface area contributed by atoms with Crippen LogP contribution in [-0.2, 0) is 6.42 Å². The van der Waals surface area contributed by atoms with Crippen molar-refractivity contribution in [3.8, 4) is 5.75 Å². The summed E-state index contributed by atoms with van der Waals surface area (Å²) in [7, 11) is 0. The van der Waals surface area contributed by atoms with Crippen LogP contribution in [0.15, 0.2) is 78.9 Å². The first-order valence-electron chi connectivity index (χ1n) is 9.72. The molecule has 4 nitrogen and oxygen atoms in total. The smallest absolute Gasteiger partial charge is 0.343 e. The predicted molar refractivity (Wildman–Crippen MR) is 115 cm³/mol. The Balaban J connectivity index is 1.41. The molecule has 0 radical (unpaired) electrons. The highest BCUT2D eigenvalue weighted by molar-refractivity contribution is 5.92. The van der Waals surface area contributed by atoms with Gasteiger partial charge < -0.3 is 9.64 Å². The molecular weight excluding hydrogens is 360 g/mol. The number of benzene rings is 3. The third-order valence-corrected chi connectivity index (χ3v) is 5.26. The molecule has 0 unspecified atom stereocenters. The molecule has 1 aliphatic heterocycles. The summed E-state index contributed by atoms with van der Waals surface area (Å²) in [5.74, 6) is 1.19.